The third-order valence-electron chi connectivity index (χ3n) is 3.47. The molecule has 3 heteroatoms. The van der Waals surface area contributed by atoms with E-state index in [0.717, 1.165) is 29.2 Å². The van der Waals surface area contributed by atoms with Gasteiger partial charge in [-0.1, -0.05) is 25.1 Å². The molecule has 0 spiro atoms. The monoisotopic (exact) mass is 270 g/mol. The molecule has 1 aromatic heterocycles. The number of nitrogens with zero attached hydrogens (tertiary/aromatic N) is 1. The second-order valence-electron chi connectivity index (χ2n) is 4.91. The Hall–Kier alpha value is -2.03. The number of anilines is 1. The number of ether oxygens (including phenoxy) is 1. The Morgan fingerprint density at radius 1 is 1.15 bits per heavy atom. The van der Waals surface area contributed by atoms with Crippen molar-refractivity contribution in [2.45, 2.75) is 33.8 Å². The molecule has 0 radical (unpaired) electrons. The van der Waals surface area contributed by atoms with E-state index in [4.69, 9.17) is 4.74 Å². The van der Waals surface area contributed by atoms with Gasteiger partial charge in [0.25, 0.3) is 0 Å². The Balaban J connectivity index is 2.24. The lowest BCUT2D eigenvalue weighted by molar-refractivity contribution is 0.290. The highest BCUT2D eigenvalue weighted by Gasteiger charge is 2.09. The second-order valence-corrected chi connectivity index (χ2v) is 4.91. The highest BCUT2D eigenvalue weighted by atomic mass is 16.5. The number of aryl methyl sites for hydroxylation is 3. The maximum absolute atomic E-state index is 5.94. The van der Waals surface area contributed by atoms with Gasteiger partial charge in [0.1, 0.15) is 6.61 Å². The third-order valence-corrected chi connectivity index (χ3v) is 3.47. The molecule has 0 saturated carbocycles. The molecule has 0 fully saturated rings. The van der Waals surface area contributed by atoms with Crippen LogP contribution in [0.2, 0.25) is 0 Å². The Morgan fingerprint density at radius 2 is 1.95 bits per heavy atom. The first-order valence-corrected chi connectivity index (χ1v) is 7.01. The molecule has 0 unspecified atom stereocenters. The van der Waals surface area contributed by atoms with Crippen molar-refractivity contribution in [3.05, 3.63) is 52.7 Å². The van der Waals surface area contributed by atoms with E-state index in [2.05, 4.69) is 35.4 Å². The van der Waals surface area contributed by atoms with Crippen LogP contribution in [0.5, 0.6) is 5.88 Å². The average Bonchev–Trinajstić information content (AvgIpc) is 2.47. The van der Waals surface area contributed by atoms with E-state index in [1.165, 1.54) is 11.1 Å². The van der Waals surface area contributed by atoms with Crippen molar-refractivity contribution in [1.29, 1.82) is 0 Å². The maximum Gasteiger partial charge on any atom is 0.216 e. The number of aromatic nitrogens is 1. The highest BCUT2D eigenvalue weighted by Crippen LogP contribution is 2.23. The molecular formula is C17H22N2O. The molecule has 0 aliphatic carbocycles. The Morgan fingerprint density at radius 3 is 2.65 bits per heavy atom. The van der Waals surface area contributed by atoms with Gasteiger partial charge < -0.3 is 10.1 Å². The van der Waals surface area contributed by atoms with Crippen LogP contribution in [-0.4, -0.2) is 12.0 Å². The molecule has 2 aromatic rings. The number of hydrogen-bond acceptors (Lipinski definition) is 3. The SMILES string of the molecule is CCc1cccc(NC)c1COc1nc(C)ccc1C. The van der Waals surface area contributed by atoms with Crippen LogP contribution in [0.3, 0.4) is 0 Å². The van der Waals surface area contributed by atoms with Gasteiger partial charge in [0.15, 0.2) is 0 Å². The van der Waals surface area contributed by atoms with E-state index in [1.807, 2.05) is 33.0 Å². The summed E-state index contributed by atoms with van der Waals surface area (Å²) in [5.74, 6) is 0.720. The third kappa shape index (κ3) is 3.10. The van der Waals surface area contributed by atoms with Crippen LogP contribution in [-0.2, 0) is 13.0 Å². The van der Waals surface area contributed by atoms with Crippen LogP contribution in [0.1, 0.15) is 29.3 Å². The number of rotatable bonds is 5. The first-order chi connectivity index (χ1) is 9.65. The first kappa shape index (κ1) is 14.4. The molecular weight excluding hydrogens is 248 g/mol. The van der Waals surface area contributed by atoms with Crippen molar-refractivity contribution >= 4 is 5.69 Å². The predicted molar refractivity (Wildman–Crippen MR) is 83.4 cm³/mol. The molecule has 0 atom stereocenters. The first-order valence-electron chi connectivity index (χ1n) is 7.01. The molecule has 3 nitrogen and oxygen atoms in total. The standard InChI is InChI=1S/C17H22N2O/c1-5-14-7-6-8-16(18-4)15(14)11-20-17-12(2)9-10-13(3)19-17/h6-10,18H,5,11H2,1-4H3. The van der Waals surface area contributed by atoms with Crippen molar-refractivity contribution in [1.82, 2.24) is 4.98 Å². The van der Waals surface area contributed by atoms with Gasteiger partial charge in [0, 0.05) is 29.6 Å². The Bertz CT molecular complexity index is 571. The molecule has 0 saturated heterocycles. The van der Waals surface area contributed by atoms with Crippen LogP contribution >= 0.6 is 0 Å². The lowest BCUT2D eigenvalue weighted by atomic mass is 10.0. The zero-order valence-corrected chi connectivity index (χ0v) is 12.7. The van der Waals surface area contributed by atoms with Crippen molar-refractivity contribution in [2.24, 2.45) is 0 Å². The van der Waals surface area contributed by atoms with Gasteiger partial charge in [-0.15, -0.1) is 0 Å². The summed E-state index contributed by atoms with van der Waals surface area (Å²) in [6.07, 6.45) is 0.994. The maximum atomic E-state index is 5.94. The summed E-state index contributed by atoms with van der Waals surface area (Å²) in [6, 6.07) is 10.3. The molecule has 2 rings (SSSR count). The fraction of sp³-hybridized carbons (Fsp3) is 0.353. The summed E-state index contributed by atoms with van der Waals surface area (Å²) in [4.78, 5) is 4.46. The molecule has 0 aliphatic heterocycles. The van der Waals surface area contributed by atoms with Crippen LogP contribution < -0.4 is 10.1 Å². The van der Waals surface area contributed by atoms with Crippen molar-refractivity contribution < 1.29 is 4.74 Å². The van der Waals surface area contributed by atoms with Gasteiger partial charge in [-0.25, -0.2) is 4.98 Å². The summed E-state index contributed by atoms with van der Waals surface area (Å²) in [7, 11) is 1.94. The molecule has 1 heterocycles. The van der Waals surface area contributed by atoms with E-state index < -0.39 is 0 Å². The normalized spacial score (nSPS) is 10.4. The number of hydrogen-bond donors (Lipinski definition) is 1. The van der Waals surface area contributed by atoms with Gasteiger partial charge in [-0.3, -0.25) is 0 Å². The summed E-state index contributed by atoms with van der Waals surface area (Å²) in [5, 5.41) is 3.23. The van der Waals surface area contributed by atoms with Crippen molar-refractivity contribution in [2.75, 3.05) is 12.4 Å². The molecule has 20 heavy (non-hydrogen) atoms. The molecule has 0 aliphatic rings. The topological polar surface area (TPSA) is 34.1 Å². The summed E-state index contributed by atoms with van der Waals surface area (Å²) in [5.41, 5.74) is 5.68. The van der Waals surface area contributed by atoms with Gasteiger partial charge in [0.05, 0.1) is 0 Å². The average molecular weight is 270 g/mol. The van der Waals surface area contributed by atoms with Crippen LogP contribution in [0.25, 0.3) is 0 Å². The number of pyridine rings is 1. The summed E-state index contributed by atoms with van der Waals surface area (Å²) < 4.78 is 5.94. The summed E-state index contributed by atoms with van der Waals surface area (Å²) >= 11 is 0. The highest BCUT2D eigenvalue weighted by molar-refractivity contribution is 5.54. The zero-order valence-electron chi connectivity index (χ0n) is 12.7. The molecule has 0 bridgehead atoms. The smallest absolute Gasteiger partial charge is 0.216 e. The van der Waals surface area contributed by atoms with E-state index in [-0.39, 0.29) is 0 Å². The van der Waals surface area contributed by atoms with Gasteiger partial charge in [-0.2, -0.15) is 0 Å². The van der Waals surface area contributed by atoms with Gasteiger partial charge in [-0.05, 0) is 38.0 Å². The lowest BCUT2D eigenvalue weighted by Gasteiger charge is -2.15. The zero-order chi connectivity index (χ0) is 14.5. The largest absolute Gasteiger partial charge is 0.473 e. The Kier molecular flexibility index (Phi) is 4.61. The minimum absolute atomic E-state index is 0.539. The molecule has 1 N–H and O–H groups in total. The van der Waals surface area contributed by atoms with E-state index in [9.17, 15) is 0 Å². The van der Waals surface area contributed by atoms with Gasteiger partial charge >= 0.3 is 0 Å². The van der Waals surface area contributed by atoms with Crippen LogP contribution in [0.4, 0.5) is 5.69 Å². The van der Waals surface area contributed by atoms with Crippen molar-refractivity contribution in [3.8, 4) is 5.88 Å². The number of benzene rings is 1. The van der Waals surface area contributed by atoms with Crippen LogP contribution in [0, 0.1) is 13.8 Å². The van der Waals surface area contributed by atoms with E-state index in [0.29, 0.717) is 6.61 Å². The summed E-state index contributed by atoms with van der Waals surface area (Å²) in [6.45, 7) is 6.70. The van der Waals surface area contributed by atoms with Crippen molar-refractivity contribution in [3.63, 3.8) is 0 Å². The second kappa shape index (κ2) is 6.42. The van der Waals surface area contributed by atoms with Gasteiger partial charge in [0.2, 0.25) is 5.88 Å². The minimum atomic E-state index is 0.539. The Labute approximate surface area is 121 Å². The fourth-order valence-corrected chi connectivity index (χ4v) is 2.26. The van der Waals surface area contributed by atoms with Crippen LogP contribution in [0.15, 0.2) is 30.3 Å². The fourth-order valence-electron chi connectivity index (χ4n) is 2.26. The predicted octanol–water partition coefficient (Wildman–Crippen LogP) is 3.88. The van der Waals surface area contributed by atoms with E-state index >= 15 is 0 Å². The lowest BCUT2D eigenvalue weighted by Crippen LogP contribution is -2.06. The number of nitrogens with one attached hydrogen (secondary N) is 1. The minimum Gasteiger partial charge on any atom is -0.473 e. The quantitative estimate of drug-likeness (QED) is 0.895. The molecule has 0 amide bonds. The van der Waals surface area contributed by atoms with E-state index in [1.54, 1.807) is 0 Å². The molecule has 106 valence electrons. The molecule has 1 aromatic carbocycles.